The fraction of sp³-hybridized carbons (Fsp3) is 0.286. The van der Waals surface area contributed by atoms with Crippen molar-refractivity contribution in [3.05, 3.63) is 108 Å². The number of benzene rings is 3. The van der Waals surface area contributed by atoms with Crippen LogP contribution in [0.25, 0.3) is 0 Å². The molecule has 0 saturated heterocycles. The Balaban J connectivity index is 2.11. The molecule has 3 aromatic carbocycles. The van der Waals surface area contributed by atoms with Gasteiger partial charge in [0.05, 0.1) is 12.5 Å². The number of carbonyl (C=O) groups excluding carboxylic acids is 2. The van der Waals surface area contributed by atoms with E-state index in [1.165, 1.54) is 7.11 Å². The Hall–Kier alpha value is -3.40. The zero-order valence-electron chi connectivity index (χ0n) is 19.0. The van der Waals surface area contributed by atoms with E-state index in [4.69, 9.17) is 4.74 Å². The predicted octanol–water partition coefficient (Wildman–Crippen LogP) is 5.12. The van der Waals surface area contributed by atoms with Crippen LogP contribution in [0.4, 0.5) is 0 Å². The summed E-state index contributed by atoms with van der Waals surface area (Å²) in [6.45, 7) is 3.94. The van der Waals surface area contributed by atoms with Crippen LogP contribution in [-0.2, 0) is 19.7 Å². The van der Waals surface area contributed by atoms with E-state index >= 15 is 0 Å². The molecular weight excluding hydrogens is 398 g/mol. The third-order valence-corrected chi connectivity index (χ3v) is 6.21. The van der Waals surface area contributed by atoms with Gasteiger partial charge in [-0.05, 0) is 22.6 Å². The molecule has 0 aliphatic carbocycles. The largest absolute Gasteiger partial charge is 0.467 e. The minimum Gasteiger partial charge on any atom is -0.467 e. The molecule has 3 rings (SSSR count). The Morgan fingerprint density at radius 1 is 0.812 bits per heavy atom. The summed E-state index contributed by atoms with van der Waals surface area (Å²) in [7, 11) is 1.35. The van der Waals surface area contributed by atoms with E-state index in [9.17, 15) is 9.59 Å². The number of rotatable bonds is 9. The van der Waals surface area contributed by atoms with Gasteiger partial charge in [0.15, 0.2) is 0 Å². The number of hydrogen-bond donors (Lipinski definition) is 1. The van der Waals surface area contributed by atoms with Gasteiger partial charge in [-0.3, -0.25) is 4.79 Å². The van der Waals surface area contributed by atoms with E-state index in [1.54, 1.807) is 0 Å². The first-order chi connectivity index (χ1) is 15.5. The van der Waals surface area contributed by atoms with Crippen molar-refractivity contribution in [2.45, 2.75) is 38.1 Å². The average Bonchev–Trinajstić information content (AvgIpc) is 2.86. The summed E-state index contributed by atoms with van der Waals surface area (Å²) >= 11 is 0. The van der Waals surface area contributed by atoms with Crippen LogP contribution in [0.2, 0.25) is 0 Å². The van der Waals surface area contributed by atoms with Gasteiger partial charge < -0.3 is 10.1 Å². The number of amides is 1. The smallest absolute Gasteiger partial charge is 0.328 e. The van der Waals surface area contributed by atoms with Crippen LogP contribution in [0.5, 0.6) is 0 Å². The van der Waals surface area contributed by atoms with Crippen LogP contribution >= 0.6 is 0 Å². The van der Waals surface area contributed by atoms with Crippen LogP contribution in [0.15, 0.2) is 91.0 Å². The van der Waals surface area contributed by atoms with Crippen molar-refractivity contribution in [3.8, 4) is 0 Å². The molecule has 1 N–H and O–H groups in total. The molecule has 1 amide bonds. The van der Waals surface area contributed by atoms with Crippen LogP contribution in [0, 0.1) is 5.92 Å². The predicted molar refractivity (Wildman–Crippen MR) is 127 cm³/mol. The van der Waals surface area contributed by atoms with Crippen molar-refractivity contribution in [3.63, 3.8) is 0 Å². The Bertz CT molecular complexity index is 906. The summed E-state index contributed by atoms with van der Waals surface area (Å²) in [6.07, 6.45) is 0.913. The third kappa shape index (κ3) is 4.91. The van der Waals surface area contributed by atoms with Gasteiger partial charge >= 0.3 is 5.97 Å². The quantitative estimate of drug-likeness (QED) is 0.380. The highest BCUT2D eigenvalue weighted by atomic mass is 16.5. The summed E-state index contributed by atoms with van der Waals surface area (Å²) in [6, 6.07) is 29.5. The number of methoxy groups -OCH3 is 1. The Kier molecular flexibility index (Phi) is 7.82. The highest BCUT2D eigenvalue weighted by molar-refractivity contribution is 5.86. The first kappa shape index (κ1) is 23.3. The number of ether oxygens (including phenoxy) is 1. The van der Waals surface area contributed by atoms with E-state index in [-0.39, 0.29) is 18.2 Å². The number of esters is 1. The Labute approximate surface area is 190 Å². The van der Waals surface area contributed by atoms with Crippen LogP contribution < -0.4 is 5.32 Å². The zero-order valence-corrected chi connectivity index (χ0v) is 19.0. The second-order valence-corrected chi connectivity index (χ2v) is 8.13. The first-order valence-electron chi connectivity index (χ1n) is 11.1. The van der Waals surface area contributed by atoms with Gasteiger partial charge in [0, 0.05) is 6.42 Å². The standard InChI is InChI=1S/C28H31NO3/c1-4-21(2)26(27(31)32-3)29-25(30)20-28(22-14-8-5-9-15-22,23-16-10-6-11-17-23)24-18-12-7-13-19-24/h5-19,21,26H,4,20H2,1-3H3,(H,29,30)/t21-,26-/m1/s1. The second kappa shape index (κ2) is 10.8. The van der Waals surface area contributed by atoms with Crippen molar-refractivity contribution >= 4 is 11.9 Å². The van der Waals surface area contributed by atoms with Gasteiger partial charge in [-0.1, -0.05) is 111 Å². The summed E-state index contributed by atoms with van der Waals surface area (Å²) in [5, 5.41) is 2.97. The molecule has 2 atom stereocenters. The lowest BCUT2D eigenvalue weighted by atomic mass is 9.67. The topological polar surface area (TPSA) is 55.4 Å². The van der Waals surface area contributed by atoms with Gasteiger partial charge in [-0.15, -0.1) is 0 Å². The fourth-order valence-corrected chi connectivity index (χ4v) is 4.24. The van der Waals surface area contributed by atoms with E-state index in [1.807, 2.05) is 68.4 Å². The lowest BCUT2D eigenvalue weighted by Crippen LogP contribution is -2.48. The molecule has 32 heavy (non-hydrogen) atoms. The summed E-state index contributed by atoms with van der Waals surface area (Å²) in [4.78, 5) is 25.9. The normalized spacial score (nSPS) is 13.1. The molecule has 0 radical (unpaired) electrons. The molecule has 4 nitrogen and oxygen atoms in total. The monoisotopic (exact) mass is 429 g/mol. The molecule has 0 fully saturated rings. The van der Waals surface area contributed by atoms with Crippen molar-refractivity contribution in [1.82, 2.24) is 5.32 Å². The molecule has 0 bridgehead atoms. The average molecular weight is 430 g/mol. The van der Waals surface area contributed by atoms with Gasteiger partial charge in [0.25, 0.3) is 0 Å². The minimum atomic E-state index is -0.704. The maximum Gasteiger partial charge on any atom is 0.328 e. The van der Waals surface area contributed by atoms with Crippen molar-refractivity contribution < 1.29 is 14.3 Å². The highest BCUT2D eigenvalue weighted by Crippen LogP contribution is 2.42. The summed E-state index contributed by atoms with van der Waals surface area (Å²) < 4.78 is 4.97. The molecule has 0 spiro atoms. The molecule has 0 saturated carbocycles. The number of carbonyl (C=O) groups is 2. The van der Waals surface area contributed by atoms with Crippen molar-refractivity contribution in [2.24, 2.45) is 5.92 Å². The summed E-state index contributed by atoms with van der Waals surface area (Å²) in [5.41, 5.74) is 2.35. The SMILES string of the molecule is CC[C@@H](C)[C@@H](NC(=O)CC(c1ccccc1)(c1ccccc1)c1ccccc1)C(=O)OC. The molecule has 0 aliphatic rings. The molecule has 0 unspecified atom stereocenters. The van der Waals surface area contributed by atoms with Crippen molar-refractivity contribution in [2.75, 3.05) is 7.11 Å². The second-order valence-electron chi connectivity index (χ2n) is 8.13. The van der Waals surface area contributed by atoms with Crippen LogP contribution in [0.3, 0.4) is 0 Å². The van der Waals surface area contributed by atoms with E-state index in [0.29, 0.717) is 0 Å². The van der Waals surface area contributed by atoms with Gasteiger partial charge in [-0.25, -0.2) is 4.79 Å². The number of hydrogen-bond acceptors (Lipinski definition) is 3. The fourth-order valence-electron chi connectivity index (χ4n) is 4.24. The molecule has 0 aliphatic heterocycles. The third-order valence-electron chi connectivity index (χ3n) is 6.21. The molecule has 166 valence electrons. The maximum atomic E-state index is 13.5. The molecule has 0 heterocycles. The molecule has 3 aromatic rings. The van der Waals surface area contributed by atoms with Gasteiger partial charge in [0.2, 0.25) is 5.91 Å². The zero-order chi connectivity index (χ0) is 23.0. The lowest BCUT2D eigenvalue weighted by Gasteiger charge is -2.36. The maximum absolute atomic E-state index is 13.5. The van der Waals surface area contributed by atoms with E-state index < -0.39 is 17.4 Å². The van der Waals surface area contributed by atoms with Crippen molar-refractivity contribution in [1.29, 1.82) is 0 Å². The molecular formula is C28H31NO3. The molecule has 4 heteroatoms. The van der Waals surface area contributed by atoms with Gasteiger partial charge in [-0.2, -0.15) is 0 Å². The minimum absolute atomic E-state index is 0.0361. The number of nitrogens with one attached hydrogen (secondary N) is 1. The van der Waals surface area contributed by atoms with Crippen LogP contribution in [0.1, 0.15) is 43.4 Å². The first-order valence-corrected chi connectivity index (χ1v) is 11.1. The van der Waals surface area contributed by atoms with Gasteiger partial charge in [0.1, 0.15) is 6.04 Å². The van der Waals surface area contributed by atoms with Crippen LogP contribution in [-0.4, -0.2) is 25.0 Å². The highest BCUT2D eigenvalue weighted by Gasteiger charge is 2.39. The Morgan fingerprint density at radius 2 is 1.22 bits per heavy atom. The lowest BCUT2D eigenvalue weighted by molar-refractivity contribution is -0.146. The van der Waals surface area contributed by atoms with E-state index in [2.05, 4.69) is 41.7 Å². The molecule has 0 aromatic heterocycles. The summed E-state index contributed by atoms with van der Waals surface area (Å²) in [5.74, 6) is -0.652. The van der Waals surface area contributed by atoms with E-state index in [0.717, 1.165) is 23.1 Å². The Morgan fingerprint density at radius 3 is 1.56 bits per heavy atom.